The Kier molecular flexibility index (Phi) is 2.73. The maximum atomic E-state index is 12.9. The molecule has 1 aromatic carbocycles. The first-order chi connectivity index (χ1) is 8.04. The number of anilines is 2. The third-order valence-electron chi connectivity index (χ3n) is 1.85. The molecule has 0 atom stereocenters. The van der Waals surface area contributed by atoms with Crippen molar-refractivity contribution in [3.05, 3.63) is 35.9 Å². The molecule has 2 aromatic rings. The minimum atomic E-state index is -1.02. The van der Waals surface area contributed by atoms with Gasteiger partial charge in [0.2, 0.25) is 11.8 Å². The van der Waals surface area contributed by atoms with Crippen LogP contribution in [0.2, 0.25) is 0 Å². The minimum Gasteiger partial charge on any atom is -0.439 e. The number of aromatic nitrogens is 2. The topological polar surface area (TPSA) is 87.0 Å². The molecule has 1 heterocycles. The van der Waals surface area contributed by atoms with E-state index < -0.39 is 11.6 Å². The van der Waals surface area contributed by atoms with Crippen LogP contribution >= 0.6 is 0 Å². The second-order valence-corrected chi connectivity index (χ2v) is 3.17. The van der Waals surface area contributed by atoms with Crippen molar-refractivity contribution in [3.63, 3.8) is 0 Å². The van der Waals surface area contributed by atoms with Gasteiger partial charge in [-0.1, -0.05) is 0 Å². The van der Waals surface area contributed by atoms with Crippen molar-refractivity contribution in [2.45, 2.75) is 0 Å². The second kappa shape index (κ2) is 4.20. The molecule has 4 N–H and O–H groups in total. The van der Waals surface area contributed by atoms with E-state index in [9.17, 15) is 8.78 Å². The highest BCUT2D eigenvalue weighted by atomic mass is 19.2. The predicted octanol–water partition coefficient (Wildman–Crippen LogP) is 1.71. The molecule has 0 unspecified atom stereocenters. The molecular formula is C10H8F2N4O. The van der Waals surface area contributed by atoms with Crippen molar-refractivity contribution in [3.8, 4) is 11.6 Å². The fourth-order valence-corrected chi connectivity index (χ4v) is 1.17. The lowest BCUT2D eigenvalue weighted by Crippen LogP contribution is -2.01. The molecule has 0 amide bonds. The summed E-state index contributed by atoms with van der Waals surface area (Å²) < 4.78 is 30.7. The molecule has 0 aliphatic heterocycles. The number of nitrogens with two attached hydrogens (primary N) is 2. The van der Waals surface area contributed by atoms with Crippen LogP contribution in [0.3, 0.4) is 0 Å². The molecule has 0 aliphatic carbocycles. The smallest absolute Gasteiger partial charge is 0.226 e. The molecule has 0 bridgehead atoms. The van der Waals surface area contributed by atoms with Gasteiger partial charge in [-0.3, -0.25) is 0 Å². The summed E-state index contributed by atoms with van der Waals surface area (Å²) in [7, 11) is 0. The molecule has 1 aromatic heterocycles. The van der Waals surface area contributed by atoms with Gasteiger partial charge in [0.25, 0.3) is 0 Å². The van der Waals surface area contributed by atoms with Gasteiger partial charge in [-0.2, -0.15) is 9.97 Å². The molecule has 0 saturated heterocycles. The van der Waals surface area contributed by atoms with E-state index in [0.717, 1.165) is 12.1 Å². The number of ether oxygens (including phenoxy) is 1. The molecule has 5 nitrogen and oxygen atoms in total. The van der Waals surface area contributed by atoms with Crippen LogP contribution in [-0.4, -0.2) is 9.97 Å². The van der Waals surface area contributed by atoms with E-state index >= 15 is 0 Å². The van der Waals surface area contributed by atoms with Crippen molar-refractivity contribution < 1.29 is 13.5 Å². The third-order valence-corrected chi connectivity index (χ3v) is 1.85. The highest BCUT2D eigenvalue weighted by Gasteiger charge is 2.06. The number of nitrogens with zero attached hydrogens (tertiary/aromatic N) is 2. The van der Waals surface area contributed by atoms with Crippen molar-refractivity contribution in [1.82, 2.24) is 9.97 Å². The fourth-order valence-electron chi connectivity index (χ4n) is 1.17. The molecule has 0 radical (unpaired) electrons. The van der Waals surface area contributed by atoms with E-state index in [2.05, 4.69) is 9.97 Å². The first-order valence-corrected chi connectivity index (χ1v) is 4.57. The minimum absolute atomic E-state index is 0.0565. The molecule has 0 aliphatic rings. The molecular weight excluding hydrogens is 230 g/mol. The van der Waals surface area contributed by atoms with E-state index in [-0.39, 0.29) is 23.4 Å². The zero-order chi connectivity index (χ0) is 12.4. The average molecular weight is 238 g/mol. The van der Waals surface area contributed by atoms with E-state index in [1.807, 2.05) is 0 Å². The van der Waals surface area contributed by atoms with Crippen LogP contribution < -0.4 is 16.2 Å². The van der Waals surface area contributed by atoms with Crippen LogP contribution in [0.1, 0.15) is 0 Å². The van der Waals surface area contributed by atoms with Crippen LogP contribution in [0.15, 0.2) is 24.3 Å². The van der Waals surface area contributed by atoms with E-state index in [4.69, 9.17) is 16.2 Å². The summed E-state index contributed by atoms with van der Waals surface area (Å²) in [6.45, 7) is 0. The maximum absolute atomic E-state index is 12.9. The van der Waals surface area contributed by atoms with Gasteiger partial charge in [-0.15, -0.1) is 0 Å². The van der Waals surface area contributed by atoms with Crippen molar-refractivity contribution >= 4 is 11.8 Å². The summed E-state index contributed by atoms with van der Waals surface area (Å²) in [5, 5.41) is 0. The number of rotatable bonds is 2. The van der Waals surface area contributed by atoms with Gasteiger partial charge in [0.15, 0.2) is 11.6 Å². The summed E-state index contributed by atoms with van der Waals surface area (Å²) in [6, 6.07) is 4.41. The summed E-state index contributed by atoms with van der Waals surface area (Å²) >= 11 is 0. The Hall–Kier alpha value is -2.44. The van der Waals surface area contributed by atoms with Gasteiger partial charge in [0, 0.05) is 12.1 Å². The van der Waals surface area contributed by atoms with Crippen LogP contribution in [0.25, 0.3) is 0 Å². The zero-order valence-corrected chi connectivity index (χ0v) is 8.52. The fraction of sp³-hybridized carbons (Fsp3) is 0. The highest BCUT2D eigenvalue weighted by Crippen LogP contribution is 2.22. The monoisotopic (exact) mass is 238 g/mol. The summed E-state index contributed by atoms with van der Waals surface area (Å²) in [5.41, 5.74) is 10.8. The Morgan fingerprint density at radius 3 is 2.41 bits per heavy atom. The second-order valence-electron chi connectivity index (χ2n) is 3.17. The SMILES string of the molecule is Nc1cc(Oc2ccc(F)c(F)c2)nc(N)n1. The number of halogens is 2. The first-order valence-electron chi connectivity index (χ1n) is 4.57. The van der Waals surface area contributed by atoms with Gasteiger partial charge in [0.1, 0.15) is 11.6 Å². The molecule has 0 saturated carbocycles. The van der Waals surface area contributed by atoms with Crippen LogP contribution in [0.5, 0.6) is 11.6 Å². The van der Waals surface area contributed by atoms with Gasteiger partial charge < -0.3 is 16.2 Å². The average Bonchev–Trinajstić information content (AvgIpc) is 2.22. The Morgan fingerprint density at radius 2 is 1.76 bits per heavy atom. The largest absolute Gasteiger partial charge is 0.439 e. The highest BCUT2D eigenvalue weighted by molar-refractivity contribution is 5.40. The van der Waals surface area contributed by atoms with Crippen molar-refractivity contribution in [1.29, 1.82) is 0 Å². The van der Waals surface area contributed by atoms with Crippen molar-refractivity contribution in [2.75, 3.05) is 11.5 Å². The quantitative estimate of drug-likeness (QED) is 0.831. The Labute approximate surface area is 95.1 Å². The third kappa shape index (κ3) is 2.57. The molecule has 7 heteroatoms. The normalized spacial score (nSPS) is 10.2. The van der Waals surface area contributed by atoms with Crippen LogP contribution in [0.4, 0.5) is 20.5 Å². The lowest BCUT2D eigenvalue weighted by atomic mass is 10.3. The summed E-state index contributed by atoms with van der Waals surface area (Å²) in [4.78, 5) is 7.37. The number of hydrogen-bond donors (Lipinski definition) is 2. The molecule has 17 heavy (non-hydrogen) atoms. The molecule has 2 rings (SSSR count). The van der Waals surface area contributed by atoms with Crippen LogP contribution in [0, 0.1) is 11.6 Å². The zero-order valence-electron chi connectivity index (χ0n) is 8.52. The van der Waals surface area contributed by atoms with E-state index in [1.165, 1.54) is 12.1 Å². The standard InChI is InChI=1S/C10H8F2N4O/c11-6-2-1-5(3-7(6)12)17-9-4-8(13)15-10(14)16-9/h1-4H,(H4,13,14,15,16). The van der Waals surface area contributed by atoms with E-state index in [1.54, 1.807) is 0 Å². The lowest BCUT2D eigenvalue weighted by Gasteiger charge is -2.05. The number of hydrogen-bond acceptors (Lipinski definition) is 5. The van der Waals surface area contributed by atoms with Crippen LogP contribution in [-0.2, 0) is 0 Å². The van der Waals surface area contributed by atoms with Crippen molar-refractivity contribution in [2.24, 2.45) is 0 Å². The molecule has 0 fully saturated rings. The first kappa shape index (κ1) is 11.1. The summed E-state index contributed by atoms with van der Waals surface area (Å²) in [5.74, 6) is -1.78. The Balaban J connectivity index is 2.28. The van der Waals surface area contributed by atoms with Gasteiger partial charge in [0.05, 0.1) is 0 Å². The van der Waals surface area contributed by atoms with Gasteiger partial charge in [-0.05, 0) is 12.1 Å². The predicted molar refractivity (Wildman–Crippen MR) is 57.3 cm³/mol. The van der Waals surface area contributed by atoms with Gasteiger partial charge in [-0.25, -0.2) is 8.78 Å². The maximum Gasteiger partial charge on any atom is 0.226 e. The van der Waals surface area contributed by atoms with E-state index in [0.29, 0.717) is 0 Å². The Morgan fingerprint density at radius 1 is 1.00 bits per heavy atom. The molecule has 88 valence electrons. The lowest BCUT2D eigenvalue weighted by molar-refractivity contribution is 0.448. The molecule has 0 spiro atoms. The van der Waals surface area contributed by atoms with Gasteiger partial charge >= 0.3 is 0 Å². The Bertz CT molecular complexity index is 542. The summed E-state index contributed by atoms with van der Waals surface area (Å²) in [6.07, 6.45) is 0. The number of nitrogen functional groups attached to an aromatic ring is 2. The number of benzene rings is 1.